The average molecular weight is 497 g/mol. The Bertz CT molecular complexity index is 1020. The van der Waals surface area contributed by atoms with Gasteiger partial charge in [0.25, 0.3) is 0 Å². The van der Waals surface area contributed by atoms with Crippen molar-refractivity contribution in [3.05, 3.63) is 45.5 Å². The van der Waals surface area contributed by atoms with Gasteiger partial charge in [-0.3, -0.25) is 0 Å². The molecule has 35 heavy (non-hydrogen) atoms. The number of benzene rings is 2. The van der Waals surface area contributed by atoms with Crippen molar-refractivity contribution in [2.75, 3.05) is 7.11 Å². The summed E-state index contributed by atoms with van der Waals surface area (Å²) in [5, 5.41) is 1.86. The van der Waals surface area contributed by atoms with E-state index in [0.717, 1.165) is 5.75 Å². The van der Waals surface area contributed by atoms with Gasteiger partial charge in [0.2, 0.25) is 0 Å². The Labute approximate surface area is 219 Å². The van der Waals surface area contributed by atoms with E-state index in [4.69, 9.17) is 4.74 Å². The molecule has 0 unspecified atom stereocenters. The van der Waals surface area contributed by atoms with Gasteiger partial charge in [-0.25, -0.2) is 0 Å². The minimum atomic E-state index is -0.517. The average Bonchev–Trinajstić information content (AvgIpc) is 2.69. The van der Waals surface area contributed by atoms with Crippen LogP contribution in [0.15, 0.2) is 12.1 Å². The second-order valence-corrected chi connectivity index (χ2v) is 17.1. The summed E-state index contributed by atoms with van der Waals surface area (Å²) in [4.78, 5) is 0. The number of ether oxygens (including phenoxy) is 1. The molecule has 196 valence electrons. The van der Waals surface area contributed by atoms with Crippen LogP contribution < -0.4 is 10.0 Å². The Hall–Kier alpha value is -1.33. The highest BCUT2D eigenvalue weighted by Crippen LogP contribution is 2.61. The third-order valence-corrected chi connectivity index (χ3v) is 11.1. The van der Waals surface area contributed by atoms with Crippen LogP contribution in [0, 0.1) is 20.8 Å². The fourth-order valence-corrected chi connectivity index (χ4v) is 10.2. The SMILES string of the molecule is COc1c(C)c(C)c(-c2c(C(C)C)cc(C(C)C)cc2C(C)C)c(P(C(C)(C)C)C(C)(C)C)c1C. The van der Waals surface area contributed by atoms with Gasteiger partial charge in [0.1, 0.15) is 5.75 Å². The zero-order valence-electron chi connectivity index (χ0n) is 25.7. The minimum Gasteiger partial charge on any atom is -0.496 e. The quantitative estimate of drug-likeness (QED) is 0.361. The van der Waals surface area contributed by atoms with Crippen LogP contribution in [0.25, 0.3) is 11.1 Å². The summed E-state index contributed by atoms with van der Waals surface area (Å²) in [6.45, 7) is 35.6. The zero-order chi connectivity index (χ0) is 27.2. The van der Waals surface area contributed by atoms with Gasteiger partial charge in [-0.15, -0.1) is 0 Å². The third kappa shape index (κ3) is 5.82. The molecule has 0 N–H and O–H groups in total. The van der Waals surface area contributed by atoms with Crippen molar-refractivity contribution in [3.63, 3.8) is 0 Å². The van der Waals surface area contributed by atoms with E-state index in [9.17, 15) is 0 Å². The van der Waals surface area contributed by atoms with Gasteiger partial charge in [0.15, 0.2) is 0 Å². The highest BCUT2D eigenvalue weighted by Gasteiger charge is 2.40. The molecule has 1 nitrogen and oxygen atoms in total. The molecule has 2 rings (SSSR count). The van der Waals surface area contributed by atoms with E-state index >= 15 is 0 Å². The number of hydrogen-bond acceptors (Lipinski definition) is 1. The van der Waals surface area contributed by atoms with Crippen molar-refractivity contribution in [1.82, 2.24) is 0 Å². The lowest BCUT2D eigenvalue weighted by Gasteiger charge is -2.44. The Balaban J connectivity index is 3.31. The second kappa shape index (κ2) is 10.6. The van der Waals surface area contributed by atoms with Crippen molar-refractivity contribution >= 4 is 13.2 Å². The molecule has 2 heteroatoms. The standard InChI is InChI=1S/C33H53OP/c1-19(2)25-17-26(20(3)4)29(27(18-25)21(5)6)28-22(7)23(8)30(34-16)24(9)31(28)35(32(10,11)12)33(13,14)15/h17-21H,1-16H3. The smallest absolute Gasteiger partial charge is 0.125 e. The summed E-state index contributed by atoms with van der Waals surface area (Å²) in [6.07, 6.45) is 0. The molecule has 0 aliphatic rings. The molecule has 0 atom stereocenters. The van der Waals surface area contributed by atoms with Gasteiger partial charge in [-0.05, 0) is 98.6 Å². The maximum Gasteiger partial charge on any atom is 0.125 e. The van der Waals surface area contributed by atoms with Crippen LogP contribution in [0.2, 0.25) is 0 Å². The van der Waals surface area contributed by atoms with Crippen molar-refractivity contribution in [2.24, 2.45) is 0 Å². The first-order valence-corrected chi connectivity index (χ1v) is 14.9. The first kappa shape index (κ1) is 29.9. The van der Waals surface area contributed by atoms with E-state index in [2.05, 4.69) is 116 Å². The highest BCUT2D eigenvalue weighted by molar-refractivity contribution is 7.69. The van der Waals surface area contributed by atoms with Crippen LogP contribution >= 0.6 is 7.92 Å². The summed E-state index contributed by atoms with van der Waals surface area (Å²) in [5.74, 6) is 2.48. The first-order valence-electron chi connectivity index (χ1n) is 13.5. The van der Waals surface area contributed by atoms with E-state index < -0.39 is 7.92 Å². The molecule has 0 saturated carbocycles. The Morgan fingerprint density at radius 2 is 1.06 bits per heavy atom. The molecule has 0 amide bonds. The van der Waals surface area contributed by atoms with Crippen molar-refractivity contribution in [3.8, 4) is 16.9 Å². The summed E-state index contributed by atoms with van der Waals surface area (Å²) in [7, 11) is 1.32. The van der Waals surface area contributed by atoms with Crippen LogP contribution in [0.3, 0.4) is 0 Å². The van der Waals surface area contributed by atoms with E-state index in [1.165, 1.54) is 44.5 Å². The number of hydrogen-bond donors (Lipinski definition) is 0. The summed E-state index contributed by atoms with van der Waals surface area (Å²) in [5.41, 5.74) is 11.4. The van der Waals surface area contributed by atoms with Gasteiger partial charge in [-0.2, -0.15) is 0 Å². The molecule has 0 aromatic heterocycles. The van der Waals surface area contributed by atoms with Crippen molar-refractivity contribution < 1.29 is 4.74 Å². The van der Waals surface area contributed by atoms with E-state index in [-0.39, 0.29) is 10.3 Å². The molecule has 0 bridgehead atoms. The Morgan fingerprint density at radius 1 is 0.629 bits per heavy atom. The summed E-state index contributed by atoms with van der Waals surface area (Å²) < 4.78 is 6.08. The lowest BCUT2D eigenvalue weighted by molar-refractivity contribution is 0.408. The predicted molar refractivity (Wildman–Crippen MR) is 161 cm³/mol. The van der Waals surface area contributed by atoms with Crippen LogP contribution in [-0.2, 0) is 0 Å². The molecule has 2 aromatic carbocycles. The van der Waals surface area contributed by atoms with Gasteiger partial charge < -0.3 is 4.74 Å². The summed E-state index contributed by atoms with van der Waals surface area (Å²) in [6, 6.07) is 5.01. The molecule has 0 aliphatic carbocycles. The molecule has 0 spiro atoms. The van der Waals surface area contributed by atoms with E-state index in [1.807, 2.05) is 7.11 Å². The molecule has 0 radical (unpaired) electrons. The van der Waals surface area contributed by atoms with Crippen LogP contribution in [0.4, 0.5) is 0 Å². The Morgan fingerprint density at radius 3 is 1.37 bits per heavy atom. The largest absolute Gasteiger partial charge is 0.496 e. The van der Waals surface area contributed by atoms with Gasteiger partial charge in [0.05, 0.1) is 7.11 Å². The first-order chi connectivity index (χ1) is 15.9. The molecular formula is C33H53OP. The fourth-order valence-electron chi connectivity index (χ4n) is 5.92. The monoisotopic (exact) mass is 496 g/mol. The summed E-state index contributed by atoms with van der Waals surface area (Å²) >= 11 is 0. The van der Waals surface area contributed by atoms with Crippen molar-refractivity contribution in [2.45, 2.75) is 132 Å². The number of methoxy groups -OCH3 is 1. The number of rotatable bonds is 6. The van der Waals surface area contributed by atoms with Gasteiger partial charge in [-0.1, -0.05) is 103 Å². The van der Waals surface area contributed by atoms with Crippen molar-refractivity contribution in [1.29, 1.82) is 0 Å². The lowest BCUT2D eigenvalue weighted by atomic mass is 9.79. The predicted octanol–water partition coefficient (Wildman–Crippen LogP) is 10.4. The maximum atomic E-state index is 6.08. The highest BCUT2D eigenvalue weighted by atomic mass is 31.1. The van der Waals surface area contributed by atoms with E-state index in [1.54, 1.807) is 5.30 Å². The zero-order valence-corrected chi connectivity index (χ0v) is 26.6. The maximum absolute atomic E-state index is 6.08. The third-order valence-electron chi connectivity index (χ3n) is 7.36. The fraction of sp³-hybridized carbons (Fsp3) is 0.636. The molecule has 2 aromatic rings. The second-order valence-electron chi connectivity index (χ2n) is 13.3. The topological polar surface area (TPSA) is 9.23 Å². The van der Waals surface area contributed by atoms with Gasteiger partial charge in [0, 0.05) is 0 Å². The van der Waals surface area contributed by atoms with Crippen LogP contribution in [0.1, 0.15) is 134 Å². The van der Waals surface area contributed by atoms with Crippen LogP contribution in [-0.4, -0.2) is 17.4 Å². The normalized spacial score (nSPS) is 13.0. The molecule has 0 aliphatic heterocycles. The van der Waals surface area contributed by atoms with Gasteiger partial charge >= 0.3 is 0 Å². The molecular weight excluding hydrogens is 443 g/mol. The van der Waals surface area contributed by atoms with Crippen LogP contribution in [0.5, 0.6) is 5.75 Å². The van der Waals surface area contributed by atoms with E-state index in [0.29, 0.717) is 17.8 Å². The molecule has 0 fully saturated rings. The molecule has 0 saturated heterocycles. The molecule has 0 heterocycles. The lowest BCUT2D eigenvalue weighted by Crippen LogP contribution is -2.34. The minimum absolute atomic E-state index is 0.160. The Kier molecular flexibility index (Phi) is 9.03.